The number of carboxylic acid groups (broad SMARTS) is 1. The number of hydrogen-bond acceptors (Lipinski definition) is 5. The molecule has 0 fully saturated rings. The molecule has 3 N–H and O–H groups in total. The van der Waals surface area contributed by atoms with Crippen molar-refractivity contribution in [1.29, 1.82) is 0 Å². The number of pyridine rings is 1. The van der Waals surface area contributed by atoms with Gasteiger partial charge in [-0.25, -0.2) is 4.79 Å². The number of carboxylic acids is 1. The van der Waals surface area contributed by atoms with E-state index in [0.717, 1.165) is 11.3 Å². The van der Waals surface area contributed by atoms with Crippen LogP contribution in [0, 0.1) is 0 Å². The van der Waals surface area contributed by atoms with Gasteiger partial charge in [-0.15, -0.1) is 0 Å². The van der Waals surface area contributed by atoms with E-state index in [4.69, 9.17) is 9.84 Å². The van der Waals surface area contributed by atoms with Crippen LogP contribution in [0.1, 0.15) is 21.5 Å². The highest BCUT2D eigenvalue weighted by Gasteiger charge is 2.25. The summed E-state index contributed by atoms with van der Waals surface area (Å²) >= 11 is 0. The van der Waals surface area contributed by atoms with Crippen molar-refractivity contribution >= 4 is 11.7 Å². The molecular formula is C16H16N2O5. The first-order chi connectivity index (χ1) is 10.9. The Kier molecular flexibility index (Phi) is 3.57. The second kappa shape index (κ2) is 5.44. The van der Waals surface area contributed by atoms with Crippen molar-refractivity contribution in [3.05, 3.63) is 45.2 Å². The molecule has 7 heteroatoms. The normalized spacial score (nSPS) is 13.0. The molecule has 2 aromatic rings. The molecule has 1 aromatic heterocycles. The zero-order chi connectivity index (χ0) is 16.7. The van der Waals surface area contributed by atoms with Crippen molar-refractivity contribution in [2.45, 2.75) is 13.2 Å². The first-order valence-corrected chi connectivity index (χ1v) is 7.00. The number of H-pyrrole nitrogens is 1. The van der Waals surface area contributed by atoms with Crippen molar-refractivity contribution < 1.29 is 19.7 Å². The quantitative estimate of drug-likeness (QED) is 0.776. The highest BCUT2D eigenvalue weighted by molar-refractivity contribution is 5.92. The maximum absolute atomic E-state index is 12.0. The van der Waals surface area contributed by atoms with Crippen LogP contribution in [0.5, 0.6) is 5.75 Å². The first-order valence-electron chi connectivity index (χ1n) is 7.00. The topological polar surface area (TPSA) is 103 Å². The molecule has 1 aliphatic rings. The Balaban J connectivity index is 2.27. The second-order valence-corrected chi connectivity index (χ2v) is 5.57. The molecule has 1 aliphatic heterocycles. The molecule has 0 unspecified atom stereocenters. The third kappa shape index (κ3) is 2.44. The number of ether oxygens (including phenoxy) is 1. The van der Waals surface area contributed by atoms with Gasteiger partial charge >= 0.3 is 5.97 Å². The molecule has 0 radical (unpaired) electrons. The number of benzene rings is 1. The minimum Gasteiger partial charge on any atom is -0.506 e. The van der Waals surface area contributed by atoms with Gasteiger partial charge in [0.25, 0.3) is 5.56 Å². The van der Waals surface area contributed by atoms with E-state index in [2.05, 4.69) is 4.98 Å². The molecule has 0 bridgehead atoms. The molecule has 0 saturated carbocycles. The minimum atomic E-state index is -1.47. The summed E-state index contributed by atoms with van der Waals surface area (Å²) in [5, 5.41) is 19.3. The van der Waals surface area contributed by atoms with Crippen LogP contribution in [0.2, 0.25) is 0 Å². The summed E-state index contributed by atoms with van der Waals surface area (Å²) in [4.78, 5) is 27.7. The number of hydrogen-bond donors (Lipinski definition) is 3. The number of fused-ring (bicyclic) bond motifs is 3. The van der Waals surface area contributed by atoms with Gasteiger partial charge in [-0.3, -0.25) is 4.79 Å². The number of carbonyl (C=O) groups is 1. The highest BCUT2D eigenvalue weighted by Crippen LogP contribution is 2.36. The van der Waals surface area contributed by atoms with E-state index in [1.54, 1.807) is 0 Å². The van der Waals surface area contributed by atoms with Crippen LogP contribution in [0.4, 0.5) is 5.69 Å². The van der Waals surface area contributed by atoms with Crippen LogP contribution in [-0.2, 0) is 18.0 Å². The molecule has 120 valence electrons. The van der Waals surface area contributed by atoms with E-state index in [9.17, 15) is 14.7 Å². The van der Waals surface area contributed by atoms with E-state index in [1.807, 2.05) is 37.2 Å². The summed E-state index contributed by atoms with van der Waals surface area (Å²) in [6, 6.07) is 5.65. The van der Waals surface area contributed by atoms with Crippen LogP contribution in [0.15, 0.2) is 23.0 Å². The number of anilines is 1. The fourth-order valence-corrected chi connectivity index (χ4v) is 2.68. The van der Waals surface area contributed by atoms with Crippen LogP contribution in [0.3, 0.4) is 0 Å². The van der Waals surface area contributed by atoms with Gasteiger partial charge in [-0.1, -0.05) is 6.07 Å². The number of aromatic hydroxyl groups is 1. The Morgan fingerprint density at radius 1 is 1.30 bits per heavy atom. The van der Waals surface area contributed by atoms with Gasteiger partial charge < -0.3 is 24.8 Å². The Morgan fingerprint density at radius 2 is 2.04 bits per heavy atom. The molecule has 0 atom stereocenters. The zero-order valence-corrected chi connectivity index (χ0v) is 12.7. The van der Waals surface area contributed by atoms with Crippen molar-refractivity contribution in [3.8, 4) is 17.0 Å². The molecule has 3 rings (SSSR count). The molecule has 23 heavy (non-hydrogen) atoms. The lowest BCUT2D eigenvalue weighted by molar-refractivity contribution is 0.0690. The predicted molar refractivity (Wildman–Crippen MR) is 83.9 cm³/mol. The Hall–Kier alpha value is -2.80. The Morgan fingerprint density at radius 3 is 2.70 bits per heavy atom. The second-order valence-electron chi connectivity index (χ2n) is 5.57. The number of aromatic nitrogens is 1. The monoisotopic (exact) mass is 316 g/mol. The first kappa shape index (κ1) is 15.1. The Bertz CT molecular complexity index is 854. The maximum atomic E-state index is 12.0. The van der Waals surface area contributed by atoms with Crippen molar-refractivity contribution in [2.24, 2.45) is 0 Å². The highest BCUT2D eigenvalue weighted by atomic mass is 16.5. The van der Waals surface area contributed by atoms with E-state index in [-0.39, 0.29) is 12.2 Å². The summed E-state index contributed by atoms with van der Waals surface area (Å²) in [5.74, 6) is -2.01. The molecular weight excluding hydrogens is 300 g/mol. The van der Waals surface area contributed by atoms with Crippen molar-refractivity contribution in [3.63, 3.8) is 0 Å². The third-order valence-electron chi connectivity index (χ3n) is 3.88. The van der Waals surface area contributed by atoms with Gasteiger partial charge in [0.15, 0.2) is 5.56 Å². The van der Waals surface area contributed by atoms with Gasteiger partial charge in [0, 0.05) is 30.9 Å². The van der Waals surface area contributed by atoms with E-state index < -0.39 is 22.8 Å². The fourth-order valence-electron chi connectivity index (χ4n) is 2.68. The summed E-state index contributed by atoms with van der Waals surface area (Å²) in [7, 11) is 3.83. The average molecular weight is 316 g/mol. The van der Waals surface area contributed by atoms with Crippen molar-refractivity contribution in [1.82, 2.24) is 4.98 Å². The zero-order valence-electron chi connectivity index (χ0n) is 12.7. The minimum absolute atomic E-state index is 0.0181. The summed E-state index contributed by atoms with van der Waals surface area (Å²) in [6.07, 6.45) is 0. The van der Waals surface area contributed by atoms with E-state index in [1.165, 1.54) is 0 Å². The van der Waals surface area contributed by atoms with Crippen LogP contribution in [-0.4, -0.2) is 35.3 Å². The lowest BCUT2D eigenvalue weighted by Gasteiger charge is -2.16. The SMILES string of the molecule is CN(C)c1ccc2c(c1)COCc1c-2[nH]c(=O)c(C(=O)O)c1O. The summed E-state index contributed by atoms with van der Waals surface area (Å²) in [6.45, 7) is 0.319. The predicted octanol–water partition coefficient (Wildman–Crippen LogP) is 1.54. The molecule has 0 amide bonds. The van der Waals surface area contributed by atoms with Gasteiger partial charge in [-0.05, 0) is 17.7 Å². The molecule has 0 aliphatic carbocycles. The number of aromatic carboxylic acids is 1. The lowest BCUT2D eigenvalue weighted by atomic mass is 9.99. The van der Waals surface area contributed by atoms with Crippen LogP contribution < -0.4 is 10.5 Å². The van der Waals surface area contributed by atoms with E-state index in [0.29, 0.717) is 17.9 Å². The molecule has 0 saturated heterocycles. The molecule has 2 heterocycles. The number of nitrogens with zero attached hydrogens (tertiary/aromatic N) is 1. The standard InChI is InChI=1S/C16H16N2O5/c1-18(2)9-3-4-10-8(5-9)6-23-7-11-13(10)17-15(20)12(14(11)19)16(21)22/h3-5H,6-7H2,1-2H3,(H,21,22)(H2,17,19,20). The molecule has 0 spiro atoms. The number of nitrogens with one attached hydrogen (secondary N) is 1. The largest absolute Gasteiger partial charge is 0.506 e. The summed E-state index contributed by atoms with van der Waals surface area (Å²) < 4.78 is 5.54. The molecule has 7 nitrogen and oxygen atoms in total. The van der Waals surface area contributed by atoms with Gasteiger partial charge in [0.1, 0.15) is 5.75 Å². The van der Waals surface area contributed by atoms with Gasteiger partial charge in [-0.2, -0.15) is 0 Å². The third-order valence-corrected chi connectivity index (χ3v) is 3.88. The maximum Gasteiger partial charge on any atom is 0.345 e. The number of aromatic amines is 1. The van der Waals surface area contributed by atoms with Crippen LogP contribution >= 0.6 is 0 Å². The number of rotatable bonds is 2. The van der Waals surface area contributed by atoms with Gasteiger partial charge in [0.05, 0.1) is 18.9 Å². The van der Waals surface area contributed by atoms with Crippen LogP contribution in [0.25, 0.3) is 11.3 Å². The Labute approximate surface area is 131 Å². The molecule has 1 aromatic carbocycles. The van der Waals surface area contributed by atoms with E-state index >= 15 is 0 Å². The van der Waals surface area contributed by atoms with Gasteiger partial charge in [0.2, 0.25) is 0 Å². The fraction of sp³-hybridized carbons (Fsp3) is 0.250. The lowest BCUT2D eigenvalue weighted by Crippen LogP contribution is -2.20. The smallest absolute Gasteiger partial charge is 0.345 e. The summed E-state index contributed by atoms with van der Waals surface area (Å²) in [5.41, 5.74) is 1.72. The average Bonchev–Trinajstić information content (AvgIpc) is 2.66. The van der Waals surface area contributed by atoms with Crippen molar-refractivity contribution in [2.75, 3.05) is 19.0 Å².